The molecule has 3 aromatic carbocycles. The van der Waals surface area contributed by atoms with E-state index in [4.69, 9.17) is 0 Å². The number of benzene rings is 3. The Labute approximate surface area is 197 Å². The number of rotatable bonds is 5. The lowest BCUT2D eigenvalue weighted by Gasteiger charge is -2.36. The minimum Gasteiger partial charge on any atom is -0.395 e. The maximum absolute atomic E-state index is 13.6. The van der Waals surface area contributed by atoms with Crippen LogP contribution in [0.2, 0.25) is 0 Å². The van der Waals surface area contributed by atoms with Crippen molar-refractivity contribution in [3.63, 3.8) is 0 Å². The molecular weight excluding hydrogens is 430 g/mol. The van der Waals surface area contributed by atoms with Crippen LogP contribution in [0.3, 0.4) is 0 Å². The predicted octanol–water partition coefficient (Wildman–Crippen LogP) is 2.83. The summed E-state index contributed by atoms with van der Waals surface area (Å²) in [6.07, 6.45) is 0. The van der Waals surface area contributed by atoms with Crippen molar-refractivity contribution in [2.75, 3.05) is 49.5 Å². The molecule has 0 bridgehead atoms. The first-order chi connectivity index (χ1) is 16.6. The second-order valence-corrected chi connectivity index (χ2v) is 8.38. The maximum atomic E-state index is 13.6. The van der Waals surface area contributed by atoms with Gasteiger partial charge in [0.2, 0.25) is 0 Å². The van der Waals surface area contributed by atoms with Gasteiger partial charge in [0.1, 0.15) is 0 Å². The number of piperazine rings is 1. The quantitative estimate of drug-likeness (QED) is 0.481. The fourth-order valence-electron chi connectivity index (χ4n) is 4.71. The van der Waals surface area contributed by atoms with Crippen molar-refractivity contribution in [3.8, 4) is 0 Å². The summed E-state index contributed by atoms with van der Waals surface area (Å²) < 4.78 is 0. The normalized spacial score (nSPS) is 15.1. The van der Waals surface area contributed by atoms with Crippen LogP contribution in [0.4, 0.5) is 11.4 Å². The van der Waals surface area contributed by atoms with E-state index in [9.17, 15) is 19.5 Å². The Hall–Kier alpha value is -3.97. The lowest BCUT2D eigenvalue weighted by atomic mass is 9.82. The van der Waals surface area contributed by atoms with E-state index in [1.54, 1.807) is 41.3 Å². The number of amides is 1. The van der Waals surface area contributed by atoms with Crippen LogP contribution in [0.5, 0.6) is 0 Å². The minimum absolute atomic E-state index is 0.154. The first-order valence-electron chi connectivity index (χ1n) is 11.4. The van der Waals surface area contributed by atoms with E-state index in [0.717, 1.165) is 5.69 Å². The maximum Gasteiger partial charge on any atom is 0.256 e. The summed E-state index contributed by atoms with van der Waals surface area (Å²) in [7, 11) is 0. The molecule has 2 N–H and O–H groups in total. The van der Waals surface area contributed by atoms with Crippen molar-refractivity contribution in [1.29, 1.82) is 0 Å². The van der Waals surface area contributed by atoms with Gasteiger partial charge in [-0.05, 0) is 24.3 Å². The van der Waals surface area contributed by atoms with Crippen LogP contribution in [0.1, 0.15) is 42.2 Å². The Balaban J connectivity index is 1.47. The number of ketones is 2. The van der Waals surface area contributed by atoms with Crippen LogP contribution < -0.4 is 10.2 Å². The van der Waals surface area contributed by atoms with Gasteiger partial charge in [-0.25, -0.2) is 0 Å². The predicted molar refractivity (Wildman–Crippen MR) is 130 cm³/mol. The molecule has 172 valence electrons. The summed E-state index contributed by atoms with van der Waals surface area (Å²) in [4.78, 5) is 44.1. The summed E-state index contributed by atoms with van der Waals surface area (Å²) in [5, 5.41) is 12.5. The van der Waals surface area contributed by atoms with E-state index in [1.807, 2.05) is 18.2 Å². The molecule has 0 aromatic heterocycles. The molecule has 0 atom stereocenters. The number of fused-ring (bicyclic) bond motifs is 2. The zero-order valence-electron chi connectivity index (χ0n) is 18.7. The van der Waals surface area contributed by atoms with Gasteiger partial charge in [0.15, 0.2) is 11.6 Å². The van der Waals surface area contributed by atoms with E-state index in [0.29, 0.717) is 48.6 Å². The molecule has 7 nitrogen and oxygen atoms in total. The average Bonchev–Trinajstić information content (AvgIpc) is 2.90. The lowest BCUT2D eigenvalue weighted by molar-refractivity contribution is 0.0747. The summed E-state index contributed by atoms with van der Waals surface area (Å²) in [5.74, 6) is -0.739. The topological polar surface area (TPSA) is 90.0 Å². The van der Waals surface area contributed by atoms with Gasteiger partial charge in [-0.15, -0.1) is 0 Å². The summed E-state index contributed by atoms with van der Waals surface area (Å²) >= 11 is 0. The largest absolute Gasteiger partial charge is 0.395 e. The van der Waals surface area contributed by atoms with Crippen molar-refractivity contribution >= 4 is 28.8 Å². The van der Waals surface area contributed by atoms with Gasteiger partial charge in [0, 0.05) is 55.1 Å². The molecule has 1 heterocycles. The Bertz CT molecular complexity index is 1260. The van der Waals surface area contributed by atoms with E-state index < -0.39 is 0 Å². The van der Waals surface area contributed by atoms with Gasteiger partial charge in [0.05, 0.1) is 23.4 Å². The molecule has 0 spiro atoms. The van der Waals surface area contributed by atoms with Crippen molar-refractivity contribution in [2.24, 2.45) is 0 Å². The van der Waals surface area contributed by atoms with Crippen molar-refractivity contribution in [2.45, 2.75) is 0 Å². The SMILES string of the molecule is O=C1c2ccccc2C(=O)c2c1ccc(C(=O)N1CCN(c3ccccc3)CC1)c2NCCO. The third-order valence-electron chi connectivity index (χ3n) is 6.43. The molecule has 7 heteroatoms. The van der Waals surface area contributed by atoms with Gasteiger partial charge in [-0.3, -0.25) is 14.4 Å². The van der Waals surface area contributed by atoms with Crippen molar-refractivity contribution < 1.29 is 19.5 Å². The molecule has 0 saturated carbocycles. The number of para-hydroxylation sites is 1. The second-order valence-electron chi connectivity index (χ2n) is 8.38. The van der Waals surface area contributed by atoms with E-state index in [-0.39, 0.29) is 41.8 Å². The average molecular weight is 456 g/mol. The number of carbonyl (C=O) groups excluding carboxylic acids is 3. The highest BCUT2D eigenvalue weighted by Gasteiger charge is 2.34. The number of nitrogens with zero attached hydrogens (tertiary/aromatic N) is 2. The third kappa shape index (κ3) is 3.74. The first kappa shape index (κ1) is 21.9. The molecule has 3 aromatic rings. The zero-order chi connectivity index (χ0) is 23.7. The molecule has 0 unspecified atom stereocenters. The van der Waals surface area contributed by atoms with Crippen molar-refractivity contribution in [3.05, 3.63) is 94.5 Å². The molecule has 1 amide bonds. The van der Waals surface area contributed by atoms with Crippen LogP contribution in [-0.4, -0.2) is 66.8 Å². The van der Waals surface area contributed by atoms with E-state index in [1.165, 1.54) is 0 Å². The number of aliphatic hydroxyl groups excluding tert-OH is 1. The Morgan fingerprint density at radius 3 is 2.12 bits per heavy atom. The third-order valence-corrected chi connectivity index (χ3v) is 6.43. The van der Waals surface area contributed by atoms with Gasteiger partial charge in [-0.1, -0.05) is 42.5 Å². The Morgan fingerprint density at radius 2 is 1.44 bits per heavy atom. The van der Waals surface area contributed by atoms with Crippen molar-refractivity contribution in [1.82, 2.24) is 4.90 Å². The lowest BCUT2D eigenvalue weighted by Crippen LogP contribution is -2.49. The fraction of sp³-hybridized carbons (Fsp3) is 0.222. The van der Waals surface area contributed by atoms with Gasteiger partial charge >= 0.3 is 0 Å². The molecule has 1 saturated heterocycles. The van der Waals surface area contributed by atoms with Crippen LogP contribution in [0, 0.1) is 0 Å². The number of anilines is 2. The highest BCUT2D eigenvalue weighted by Crippen LogP contribution is 2.35. The van der Waals surface area contributed by atoms with E-state index in [2.05, 4.69) is 22.3 Å². The zero-order valence-corrected chi connectivity index (χ0v) is 18.7. The van der Waals surface area contributed by atoms with Crippen LogP contribution in [-0.2, 0) is 0 Å². The summed E-state index contributed by atoms with van der Waals surface area (Å²) in [6, 6.07) is 20.0. The monoisotopic (exact) mass is 455 g/mol. The Morgan fingerprint density at radius 1 is 0.794 bits per heavy atom. The fourth-order valence-corrected chi connectivity index (χ4v) is 4.71. The smallest absolute Gasteiger partial charge is 0.256 e. The Kier molecular flexibility index (Phi) is 5.86. The highest BCUT2D eigenvalue weighted by atomic mass is 16.3. The van der Waals surface area contributed by atoms with Gasteiger partial charge in [0.25, 0.3) is 5.91 Å². The highest BCUT2D eigenvalue weighted by molar-refractivity contribution is 6.31. The number of carbonyl (C=O) groups is 3. The van der Waals surface area contributed by atoms with Gasteiger partial charge in [-0.2, -0.15) is 0 Å². The standard InChI is InChI=1S/C27H25N3O4/c31-17-12-28-24-22(27(34)30-15-13-29(14-16-30)18-6-2-1-3-7-18)11-10-21-23(24)26(33)20-9-5-4-8-19(20)25(21)32/h1-11,28,31H,12-17H2. The summed E-state index contributed by atoms with van der Waals surface area (Å²) in [5.41, 5.74) is 2.94. The first-order valence-corrected chi connectivity index (χ1v) is 11.4. The molecule has 5 rings (SSSR count). The molecule has 2 aliphatic rings. The number of hydrogen-bond donors (Lipinski definition) is 2. The molecule has 34 heavy (non-hydrogen) atoms. The molecule has 1 fully saturated rings. The van der Waals surface area contributed by atoms with Gasteiger partial charge < -0.3 is 20.2 Å². The van der Waals surface area contributed by atoms with Crippen LogP contribution in [0.25, 0.3) is 0 Å². The number of hydrogen-bond acceptors (Lipinski definition) is 6. The van der Waals surface area contributed by atoms with Crippen LogP contribution >= 0.6 is 0 Å². The van der Waals surface area contributed by atoms with E-state index >= 15 is 0 Å². The molecule has 1 aliphatic heterocycles. The summed E-state index contributed by atoms with van der Waals surface area (Å²) in [6.45, 7) is 2.46. The molecule has 1 aliphatic carbocycles. The molecule has 0 radical (unpaired) electrons. The number of aliphatic hydroxyl groups is 1. The second kappa shape index (κ2) is 9.11. The minimum atomic E-state index is -0.297. The number of nitrogens with one attached hydrogen (secondary N) is 1. The van der Waals surface area contributed by atoms with Crippen LogP contribution in [0.15, 0.2) is 66.7 Å². The molecular formula is C27H25N3O4.